The zero-order chi connectivity index (χ0) is 17.5. The minimum atomic E-state index is -0.223. The molecule has 0 bridgehead atoms. The molecule has 2 unspecified atom stereocenters. The summed E-state index contributed by atoms with van der Waals surface area (Å²) >= 11 is 0. The normalized spacial score (nSPS) is 18.8. The lowest BCUT2D eigenvalue weighted by molar-refractivity contribution is -0.128. The average molecular weight is 331 g/mol. The zero-order valence-corrected chi connectivity index (χ0v) is 14.7. The number of hydrogen-bond donors (Lipinski definition) is 2. The molecule has 1 fully saturated rings. The third kappa shape index (κ3) is 4.81. The molecule has 3 N–H and O–H groups in total. The van der Waals surface area contributed by atoms with Gasteiger partial charge in [0.1, 0.15) is 0 Å². The fourth-order valence-electron chi connectivity index (χ4n) is 3.33. The van der Waals surface area contributed by atoms with Crippen molar-refractivity contribution in [3.63, 3.8) is 0 Å². The Labute approximate surface area is 144 Å². The monoisotopic (exact) mass is 331 g/mol. The van der Waals surface area contributed by atoms with Gasteiger partial charge in [-0.1, -0.05) is 43.7 Å². The average Bonchev–Trinajstić information content (AvgIpc) is 2.61. The number of carbonyl (C=O) groups excluding carboxylic acids is 2. The van der Waals surface area contributed by atoms with Crippen LogP contribution in [0.15, 0.2) is 30.3 Å². The van der Waals surface area contributed by atoms with Crippen LogP contribution in [0.4, 0.5) is 0 Å². The highest BCUT2D eigenvalue weighted by Crippen LogP contribution is 2.21. The van der Waals surface area contributed by atoms with E-state index in [0.717, 1.165) is 44.3 Å². The van der Waals surface area contributed by atoms with Gasteiger partial charge in [-0.2, -0.15) is 0 Å². The van der Waals surface area contributed by atoms with Crippen LogP contribution in [0.25, 0.3) is 0 Å². The standard InChI is InChI=1S/C19H29N3O2/c1-3-7-17(15-8-5-4-6-9-15)21-19(24)14(2)22-12-10-16(11-13-22)18(20)23/h4-6,8-9,14,16-17H,3,7,10-13H2,1-2H3,(H2,20,23)(H,21,24). The molecule has 1 aliphatic heterocycles. The van der Waals surface area contributed by atoms with E-state index in [1.807, 2.05) is 25.1 Å². The van der Waals surface area contributed by atoms with Crippen LogP contribution < -0.4 is 11.1 Å². The van der Waals surface area contributed by atoms with Gasteiger partial charge in [-0.05, 0) is 44.8 Å². The number of amides is 2. The maximum Gasteiger partial charge on any atom is 0.237 e. The lowest BCUT2D eigenvalue weighted by Crippen LogP contribution is -2.50. The van der Waals surface area contributed by atoms with Crippen molar-refractivity contribution in [1.82, 2.24) is 10.2 Å². The summed E-state index contributed by atoms with van der Waals surface area (Å²) in [6, 6.07) is 9.97. The molecule has 5 heteroatoms. The predicted molar refractivity (Wildman–Crippen MR) is 95.2 cm³/mol. The second kappa shape index (κ2) is 8.83. The van der Waals surface area contributed by atoms with E-state index in [9.17, 15) is 9.59 Å². The van der Waals surface area contributed by atoms with Crippen LogP contribution in [-0.4, -0.2) is 35.8 Å². The van der Waals surface area contributed by atoms with E-state index < -0.39 is 0 Å². The van der Waals surface area contributed by atoms with Gasteiger partial charge in [-0.25, -0.2) is 0 Å². The van der Waals surface area contributed by atoms with Crippen molar-refractivity contribution in [2.75, 3.05) is 13.1 Å². The number of rotatable bonds is 7. The highest BCUT2D eigenvalue weighted by atomic mass is 16.2. The van der Waals surface area contributed by atoms with Gasteiger partial charge in [-0.15, -0.1) is 0 Å². The summed E-state index contributed by atoms with van der Waals surface area (Å²) in [5, 5.41) is 3.19. The quantitative estimate of drug-likeness (QED) is 0.804. The van der Waals surface area contributed by atoms with Crippen molar-refractivity contribution in [3.05, 3.63) is 35.9 Å². The Balaban J connectivity index is 1.93. The Bertz CT molecular complexity index is 539. The Morgan fingerprint density at radius 2 is 1.88 bits per heavy atom. The maximum atomic E-state index is 12.7. The molecule has 2 amide bonds. The molecule has 132 valence electrons. The van der Waals surface area contributed by atoms with Gasteiger partial charge in [0.25, 0.3) is 0 Å². The number of primary amides is 1. The number of carbonyl (C=O) groups is 2. The van der Waals surface area contributed by atoms with Crippen molar-refractivity contribution in [2.24, 2.45) is 11.7 Å². The summed E-state index contributed by atoms with van der Waals surface area (Å²) in [7, 11) is 0. The molecule has 1 aromatic carbocycles. The topological polar surface area (TPSA) is 75.4 Å². The molecule has 2 atom stereocenters. The molecule has 24 heavy (non-hydrogen) atoms. The summed E-state index contributed by atoms with van der Waals surface area (Å²) < 4.78 is 0. The lowest BCUT2D eigenvalue weighted by Gasteiger charge is -2.35. The van der Waals surface area contributed by atoms with Crippen molar-refractivity contribution >= 4 is 11.8 Å². The molecule has 1 heterocycles. The maximum absolute atomic E-state index is 12.7. The molecule has 0 spiro atoms. The Hall–Kier alpha value is -1.88. The predicted octanol–water partition coefficient (Wildman–Crippen LogP) is 2.23. The number of nitrogens with two attached hydrogens (primary N) is 1. The third-order valence-corrected chi connectivity index (χ3v) is 4.95. The Morgan fingerprint density at radius 1 is 1.25 bits per heavy atom. The molecule has 2 rings (SSSR count). The first-order chi connectivity index (χ1) is 11.5. The molecule has 1 saturated heterocycles. The SMILES string of the molecule is CCCC(NC(=O)C(C)N1CCC(C(N)=O)CC1)c1ccccc1. The molecule has 0 aliphatic carbocycles. The highest BCUT2D eigenvalue weighted by molar-refractivity contribution is 5.82. The van der Waals surface area contributed by atoms with Crippen molar-refractivity contribution in [3.8, 4) is 0 Å². The number of hydrogen-bond acceptors (Lipinski definition) is 3. The molecule has 1 aliphatic rings. The van der Waals surface area contributed by atoms with Crippen LogP contribution >= 0.6 is 0 Å². The summed E-state index contributed by atoms with van der Waals surface area (Å²) in [5.74, 6) is -0.220. The molecular formula is C19H29N3O2. The second-order valence-corrected chi connectivity index (χ2v) is 6.65. The van der Waals surface area contributed by atoms with E-state index in [0.29, 0.717) is 0 Å². The van der Waals surface area contributed by atoms with Gasteiger partial charge in [0.15, 0.2) is 0 Å². The van der Waals surface area contributed by atoms with Crippen LogP contribution in [0.2, 0.25) is 0 Å². The highest BCUT2D eigenvalue weighted by Gasteiger charge is 2.29. The van der Waals surface area contributed by atoms with Crippen LogP contribution in [0.5, 0.6) is 0 Å². The van der Waals surface area contributed by atoms with Gasteiger partial charge >= 0.3 is 0 Å². The largest absolute Gasteiger partial charge is 0.369 e. The van der Waals surface area contributed by atoms with E-state index in [-0.39, 0.29) is 29.8 Å². The molecule has 1 aromatic rings. The fourth-order valence-corrected chi connectivity index (χ4v) is 3.33. The van der Waals surface area contributed by atoms with Crippen LogP contribution in [-0.2, 0) is 9.59 Å². The van der Waals surface area contributed by atoms with Crippen LogP contribution in [0.3, 0.4) is 0 Å². The molecule has 5 nitrogen and oxygen atoms in total. The number of likely N-dealkylation sites (tertiary alicyclic amines) is 1. The van der Waals surface area contributed by atoms with Gasteiger partial charge in [-0.3, -0.25) is 14.5 Å². The lowest BCUT2D eigenvalue weighted by atomic mass is 9.95. The first-order valence-corrected chi connectivity index (χ1v) is 8.91. The van der Waals surface area contributed by atoms with E-state index in [2.05, 4.69) is 29.3 Å². The van der Waals surface area contributed by atoms with Crippen molar-refractivity contribution < 1.29 is 9.59 Å². The second-order valence-electron chi connectivity index (χ2n) is 6.65. The van der Waals surface area contributed by atoms with Gasteiger partial charge < -0.3 is 11.1 Å². The zero-order valence-electron chi connectivity index (χ0n) is 14.7. The van der Waals surface area contributed by atoms with Gasteiger partial charge in [0.05, 0.1) is 12.1 Å². The number of nitrogens with one attached hydrogen (secondary N) is 1. The fraction of sp³-hybridized carbons (Fsp3) is 0.579. The van der Waals surface area contributed by atoms with E-state index in [1.165, 1.54) is 0 Å². The first kappa shape index (κ1) is 18.5. The summed E-state index contributed by atoms with van der Waals surface area (Å²) in [4.78, 5) is 26.1. The van der Waals surface area contributed by atoms with E-state index in [4.69, 9.17) is 5.73 Å². The van der Waals surface area contributed by atoms with Crippen LogP contribution in [0, 0.1) is 5.92 Å². The summed E-state index contributed by atoms with van der Waals surface area (Å²) in [6.07, 6.45) is 3.42. The molecule has 0 radical (unpaired) electrons. The number of benzene rings is 1. The summed E-state index contributed by atoms with van der Waals surface area (Å²) in [5.41, 5.74) is 6.52. The third-order valence-electron chi connectivity index (χ3n) is 4.95. The van der Waals surface area contributed by atoms with Crippen molar-refractivity contribution in [1.29, 1.82) is 0 Å². The van der Waals surface area contributed by atoms with E-state index in [1.54, 1.807) is 0 Å². The van der Waals surface area contributed by atoms with E-state index >= 15 is 0 Å². The number of piperidine rings is 1. The molecule has 0 aromatic heterocycles. The van der Waals surface area contributed by atoms with Gasteiger partial charge in [0, 0.05) is 5.92 Å². The number of nitrogens with zero attached hydrogens (tertiary/aromatic N) is 1. The molecule has 0 saturated carbocycles. The van der Waals surface area contributed by atoms with Crippen molar-refractivity contribution in [2.45, 2.75) is 51.6 Å². The smallest absolute Gasteiger partial charge is 0.237 e. The first-order valence-electron chi connectivity index (χ1n) is 8.91. The Kier molecular flexibility index (Phi) is 6.79. The summed E-state index contributed by atoms with van der Waals surface area (Å²) in [6.45, 7) is 5.55. The van der Waals surface area contributed by atoms with Crippen LogP contribution in [0.1, 0.15) is 51.1 Å². The van der Waals surface area contributed by atoms with Gasteiger partial charge in [0.2, 0.25) is 11.8 Å². The minimum absolute atomic E-state index is 0.0475. The Morgan fingerprint density at radius 3 is 2.42 bits per heavy atom. The molecular weight excluding hydrogens is 302 g/mol. The minimum Gasteiger partial charge on any atom is -0.369 e.